The lowest BCUT2D eigenvalue weighted by Crippen LogP contribution is -2.24. The van der Waals surface area contributed by atoms with E-state index in [0.29, 0.717) is 16.6 Å². The molecule has 0 fully saturated rings. The average molecular weight is 466 g/mol. The average Bonchev–Trinajstić information content (AvgIpc) is 3.11. The van der Waals surface area contributed by atoms with Crippen LogP contribution in [0.15, 0.2) is 71.6 Å². The Morgan fingerprint density at radius 2 is 1.64 bits per heavy atom. The van der Waals surface area contributed by atoms with Crippen LogP contribution >= 0.6 is 0 Å². The third-order valence-electron chi connectivity index (χ3n) is 5.18. The van der Waals surface area contributed by atoms with Gasteiger partial charge in [-0.15, -0.1) is 0 Å². The van der Waals surface area contributed by atoms with Gasteiger partial charge in [-0.05, 0) is 49.7 Å². The van der Waals surface area contributed by atoms with Crippen LogP contribution in [0.4, 0.5) is 15.8 Å². The summed E-state index contributed by atoms with van der Waals surface area (Å²) in [6.07, 6.45) is 0. The number of aryl methyl sites for hydroxylation is 2. The van der Waals surface area contributed by atoms with Gasteiger partial charge >= 0.3 is 0 Å². The smallest absolute Gasteiger partial charge is 0.296 e. The van der Waals surface area contributed by atoms with Crippen LogP contribution < -0.4 is 10.0 Å². The number of carbonyl (C=O) groups excluding carboxylic acids is 2. The molecule has 0 aliphatic heterocycles. The number of H-pyrrole nitrogens is 1. The molecule has 0 bridgehead atoms. The fraction of sp³-hybridized carbons (Fsp3) is 0.0833. The molecule has 1 amide bonds. The van der Waals surface area contributed by atoms with Gasteiger partial charge in [0.05, 0.1) is 16.1 Å². The van der Waals surface area contributed by atoms with Crippen LogP contribution in [-0.4, -0.2) is 25.1 Å². The van der Waals surface area contributed by atoms with Gasteiger partial charge in [0.25, 0.3) is 21.7 Å². The van der Waals surface area contributed by atoms with E-state index in [9.17, 15) is 22.4 Å². The van der Waals surface area contributed by atoms with Gasteiger partial charge in [-0.1, -0.05) is 36.4 Å². The minimum Gasteiger partial charge on any atom is -0.358 e. The van der Waals surface area contributed by atoms with Crippen LogP contribution in [0.2, 0.25) is 0 Å². The summed E-state index contributed by atoms with van der Waals surface area (Å²) in [5.74, 6) is -2.38. The second kappa shape index (κ2) is 8.51. The van der Waals surface area contributed by atoms with Gasteiger partial charge in [0.1, 0.15) is 5.82 Å². The number of hydrogen-bond donors (Lipinski definition) is 3. The molecule has 0 atom stereocenters. The number of hydrogen-bond acceptors (Lipinski definition) is 4. The maximum Gasteiger partial charge on any atom is 0.296 e. The molecule has 3 aromatic carbocycles. The summed E-state index contributed by atoms with van der Waals surface area (Å²) in [7, 11) is -4.16. The molecule has 0 saturated carbocycles. The second-order valence-electron chi connectivity index (χ2n) is 7.52. The van der Waals surface area contributed by atoms with Crippen molar-refractivity contribution in [3.8, 4) is 0 Å². The molecule has 0 aliphatic rings. The lowest BCUT2D eigenvalue weighted by molar-refractivity contribution is -0.112. The molecule has 7 nitrogen and oxygen atoms in total. The van der Waals surface area contributed by atoms with E-state index in [0.717, 1.165) is 11.6 Å². The Hall–Kier alpha value is -3.98. The van der Waals surface area contributed by atoms with E-state index in [1.807, 2.05) is 6.07 Å². The summed E-state index contributed by atoms with van der Waals surface area (Å²) in [5.41, 5.74) is 1.84. The molecule has 168 valence electrons. The number of ketones is 1. The summed E-state index contributed by atoms with van der Waals surface area (Å²) in [5, 5.41) is 3.09. The first-order valence-electron chi connectivity index (χ1n) is 9.98. The Balaban J connectivity index is 1.61. The van der Waals surface area contributed by atoms with Crippen LogP contribution in [-0.2, 0) is 14.8 Å². The van der Waals surface area contributed by atoms with E-state index >= 15 is 0 Å². The highest BCUT2D eigenvalue weighted by Gasteiger charge is 2.24. The van der Waals surface area contributed by atoms with Gasteiger partial charge in [-0.25, -0.2) is 12.8 Å². The molecule has 0 aliphatic carbocycles. The number of nitrogens with one attached hydrogen (secondary N) is 3. The Morgan fingerprint density at radius 1 is 0.939 bits per heavy atom. The number of rotatable bonds is 6. The quantitative estimate of drug-likeness (QED) is 0.287. The molecule has 9 heteroatoms. The number of sulfonamides is 1. The van der Waals surface area contributed by atoms with E-state index in [2.05, 4.69) is 15.0 Å². The van der Waals surface area contributed by atoms with Crippen molar-refractivity contribution >= 4 is 44.0 Å². The Morgan fingerprint density at radius 3 is 2.39 bits per heavy atom. The molecule has 1 aromatic heterocycles. The van der Waals surface area contributed by atoms with Crippen molar-refractivity contribution in [2.75, 3.05) is 10.0 Å². The Bertz CT molecular complexity index is 1510. The van der Waals surface area contributed by atoms with Crippen LogP contribution in [0.3, 0.4) is 0 Å². The molecule has 4 aromatic rings. The number of fused-ring (bicyclic) bond motifs is 1. The molecule has 0 spiro atoms. The van der Waals surface area contributed by atoms with Gasteiger partial charge in [0, 0.05) is 22.3 Å². The number of aromatic nitrogens is 1. The third kappa shape index (κ3) is 4.35. The predicted octanol–water partition coefficient (Wildman–Crippen LogP) is 4.55. The van der Waals surface area contributed by atoms with Gasteiger partial charge in [0.2, 0.25) is 0 Å². The van der Waals surface area contributed by atoms with Gasteiger partial charge in [-0.2, -0.15) is 0 Å². The van der Waals surface area contributed by atoms with Crippen LogP contribution in [0.5, 0.6) is 0 Å². The van der Waals surface area contributed by atoms with E-state index in [-0.39, 0.29) is 21.8 Å². The Labute approximate surface area is 189 Å². The van der Waals surface area contributed by atoms with Gasteiger partial charge < -0.3 is 10.3 Å². The number of Topliss-reactive ketones (excluding diaryl/α,β-unsaturated/α-hetero) is 1. The van der Waals surface area contributed by atoms with Crippen LogP contribution in [0.1, 0.15) is 21.6 Å². The van der Waals surface area contributed by atoms with Crippen molar-refractivity contribution in [1.82, 2.24) is 4.98 Å². The van der Waals surface area contributed by atoms with Crippen LogP contribution in [0, 0.1) is 19.7 Å². The summed E-state index contributed by atoms with van der Waals surface area (Å²) < 4.78 is 41.9. The highest BCUT2D eigenvalue weighted by Crippen LogP contribution is 2.26. The van der Waals surface area contributed by atoms with E-state index in [1.54, 1.807) is 32.0 Å². The molecule has 1 heterocycles. The normalized spacial score (nSPS) is 11.4. The predicted molar refractivity (Wildman–Crippen MR) is 124 cm³/mol. The minimum atomic E-state index is -4.16. The van der Waals surface area contributed by atoms with E-state index in [4.69, 9.17) is 0 Å². The SMILES string of the molecule is Cc1ccc(NC(=O)C(=O)c2c(C)[nH]c3ccccc23)cc1S(=O)(=O)Nc1ccccc1F. The monoisotopic (exact) mass is 465 g/mol. The summed E-state index contributed by atoms with van der Waals surface area (Å²) in [6.45, 7) is 3.27. The number of amides is 1. The molecular weight excluding hydrogens is 445 g/mol. The first-order valence-corrected chi connectivity index (χ1v) is 11.5. The number of anilines is 2. The first-order chi connectivity index (χ1) is 15.7. The number of halogens is 1. The molecule has 0 unspecified atom stereocenters. The topological polar surface area (TPSA) is 108 Å². The van der Waals surface area contributed by atoms with Crippen molar-refractivity contribution in [3.63, 3.8) is 0 Å². The fourth-order valence-electron chi connectivity index (χ4n) is 3.58. The zero-order chi connectivity index (χ0) is 23.8. The summed E-state index contributed by atoms with van der Waals surface area (Å²) in [6, 6.07) is 16.7. The van der Waals surface area contributed by atoms with E-state index in [1.165, 1.54) is 36.4 Å². The van der Waals surface area contributed by atoms with Crippen molar-refractivity contribution in [3.05, 3.63) is 89.4 Å². The number of carbonyl (C=O) groups is 2. The molecular formula is C24H20FN3O4S. The summed E-state index contributed by atoms with van der Waals surface area (Å²) in [4.78, 5) is 28.5. The van der Waals surface area contributed by atoms with Crippen molar-refractivity contribution in [2.24, 2.45) is 0 Å². The molecule has 33 heavy (non-hydrogen) atoms. The Kier molecular flexibility index (Phi) is 5.73. The maximum absolute atomic E-state index is 13.9. The molecule has 0 saturated heterocycles. The van der Waals surface area contributed by atoms with Crippen molar-refractivity contribution < 1.29 is 22.4 Å². The lowest BCUT2D eigenvalue weighted by Gasteiger charge is -2.13. The molecule has 3 N–H and O–H groups in total. The van der Waals surface area contributed by atoms with Crippen molar-refractivity contribution in [1.29, 1.82) is 0 Å². The molecule has 4 rings (SSSR count). The highest BCUT2D eigenvalue weighted by atomic mass is 32.2. The minimum absolute atomic E-state index is 0.116. The standard InChI is InChI=1S/C24H20FN3O4S/c1-14-11-12-16(13-21(14)33(31,32)28-20-10-6-4-8-18(20)25)27-24(30)23(29)22-15(2)26-19-9-5-3-7-17(19)22/h3-13,26,28H,1-2H3,(H,27,30). The zero-order valence-electron chi connectivity index (χ0n) is 17.8. The number of para-hydroxylation sites is 2. The highest BCUT2D eigenvalue weighted by molar-refractivity contribution is 7.92. The van der Waals surface area contributed by atoms with Crippen LogP contribution in [0.25, 0.3) is 10.9 Å². The first kappa shape index (κ1) is 22.2. The van der Waals surface area contributed by atoms with E-state index < -0.39 is 27.5 Å². The number of benzene rings is 3. The lowest BCUT2D eigenvalue weighted by atomic mass is 10.1. The second-order valence-corrected chi connectivity index (χ2v) is 9.17. The zero-order valence-corrected chi connectivity index (χ0v) is 18.6. The van der Waals surface area contributed by atoms with Crippen molar-refractivity contribution in [2.45, 2.75) is 18.7 Å². The number of aromatic amines is 1. The summed E-state index contributed by atoms with van der Waals surface area (Å²) >= 11 is 0. The maximum atomic E-state index is 13.9. The van der Waals surface area contributed by atoms with Gasteiger partial charge in [-0.3, -0.25) is 14.3 Å². The molecule has 0 radical (unpaired) electrons. The van der Waals surface area contributed by atoms with Gasteiger partial charge in [0.15, 0.2) is 0 Å². The third-order valence-corrected chi connectivity index (χ3v) is 6.69. The largest absolute Gasteiger partial charge is 0.358 e. The fourth-order valence-corrected chi connectivity index (χ4v) is 4.92.